The lowest BCUT2D eigenvalue weighted by Gasteiger charge is -2.43. The number of carbonyl (C=O) groups is 4. The summed E-state index contributed by atoms with van der Waals surface area (Å²) in [5.41, 5.74) is -0.489. The van der Waals surface area contributed by atoms with E-state index in [4.69, 9.17) is 14.2 Å². The number of pyridine rings is 1. The van der Waals surface area contributed by atoms with E-state index in [1.807, 2.05) is 51.3 Å². The lowest BCUT2D eigenvalue weighted by molar-refractivity contribution is -0.172. The van der Waals surface area contributed by atoms with E-state index < -0.39 is 59.1 Å². The van der Waals surface area contributed by atoms with Crippen molar-refractivity contribution in [3.63, 3.8) is 0 Å². The Labute approximate surface area is 266 Å². The minimum Gasteiger partial charge on any atom is -0.458 e. The summed E-state index contributed by atoms with van der Waals surface area (Å²) in [5.74, 6) is -3.80. The smallest absolute Gasteiger partial charge is 0.410 e. The van der Waals surface area contributed by atoms with Gasteiger partial charge in [-0.05, 0) is 64.5 Å². The fourth-order valence-corrected chi connectivity index (χ4v) is 7.51. The standard InChI is InChI=1S/C34H50N4O7/c1-10-26-34(8)29(38(32(42)45-34)17-12-11-16-37-19-36-25-14-13-15-35-30(25)37)22(4)27(39)20(2)18-33(7,43-9)24(6)21(3)28(40)23(5)31(41)44-26/h13-15,19-24,26,29H,10-12,16-18H2,1-9H3/t20-,21-,22+,23-,24-,26-,29-,33-,34-/m1/s1. The molecule has 11 nitrogen and oxygen atoms in total. The van der Waals surface area contributed by atoms with Gasteiger partial charge < -0.3 is 23.7 Å². The van der Waals surface area contributed by atoms with Crippen molar-refractivity contribution in [2.45, 2.75) is 111 Å². The first-order valence-corrected chi connectivity index (χ1v) is 16.3. The number of ketones is 2. The van der Waals surface area contributed by atoms with Crippen molar-refractivity contribution in [2.24, 2.45) is 29.6 Å². The summed E-state index contributed by atoms with van der Waals surface area (Å²) in [7, 11) is 1.59. The third-order valence-electron chi connectivity index (χ3n) is 10.7. The van der Waals surface area contributed by atoms with Gasteiger partial charge in [-0.2, -0.15) is 0 Å². The number of rotatable bonds is 7. The molecule has 2 fully saturated rings. The maximum atomic E-state index is 14.2. The average Bonchev–Trinajstić information content (AvgIpc) is 3.56. The summed E-state index contributed by atoms with van der Waals surface area (Å²) in [5, 5.41) is 0. The zero-order chi connectivity index (χ0) is 33.3. The molecule has 4 heterocycles. The molecule has 2 saturated heterocycles. The number of aryl methyl sites for hydroxylation is 1. The number of ether oxygens (including phenoxy) is 3. The number of hydrogen-bond acceptors (Lipinski definition) is 9. The number of nitrogens with zero attached hydrogens (tertiary/aromatic N) is 4. The number of fused-ring (bicyclic) bond motifs is 2. The first-order valence-electron chi connectivity index (χ1n) is 16.3. The number of esters is 1. The van der Waals surface area contributed by atoms with E-state index in [0.29, 0.717) is 32.4 Å². The molecule has 0 unspecified atom stereocenters. The van der Waals surface area contributed by atoms with Crippen LogP contribution in [0.5, 0.6) is 0 Å². The molecule has 0 aliphatic carbocycles. The van der Waals surface area contributed by atoms with E-state index in [1.165, 1.54) is 0 Å². The molecule has 11 heteroatoms. The molecule has 0 aromatic carbocycles. The molecule has 0 radical (unpaired) electrons. The number of hydrogen-bond donors (Lipinski definition) is 0. The second-order valence-electron chi connectivity index (χ2n) is 13.5. The van der Waals surface area contributed by atoms with E-state index >= 15 is 0 Å². The Bertz CT molecular complexity index is 1410. The monoisotopic (exact) mass is 626 g/mol. The van der Waals surface area contributed by atoms with Gasteiger partial charge in [0.2, 0.25) is 0 Å². The summed E-state index contributed by atoms with van der Waals surface area (Å²) >= 11 is 0. The number of amides is 1. The topological polar surface area (TPSA) is 130 Å². The Morgan fingerprint density at radius 1 is 0.978 bits per heavy atom. The first-order chi connectivity index (χ1) is 21.2. The Hall–Kier alpha value is -3.34. The van der Waals surface area contributed by atoms with E-state index in [2.05, 4.69) is 9.97 Å². The molecule has 45 heavy (non-hydrogen) atoms. The largest absolute Gasteiger partial charge is 0.458 e. The van der Waals surface area contributed by atoms with Crippen LogP contribution in [0.25, 0.3) is 11.2 Å². The molecular formula is C34H50N4O7. The molecule has 2 aliphatic heterocycles. The van der Waals surface area contributed by atoms with Crippen LogP contribution in [-0.2, 0) is 35.1 Å². The van der Waals surface area contributed by atoms with E-state index in [0.717, 1.165) is 17.6 Å². The number of imidazole rings is 1. The van der Waals surface area contributed by atoms with Crippen LogP contribution < -0.4 is 0 Å². The number of Topliss-reactive ketones (excluding diaryl/α,β-unsaturated/α-hetero) is 2. The van der Waals surface area contributed by atoms with Gasteiger partial charge in [0.05, 0.1) is 18.0 Å². The Morgan fingerprint density at radius 2 is 1.67 bits per heavy atom. The second-order valence-corrected chi connectivity index (χ2v) is 13.5. The molecule has 0 saturated carbocycles. The van der Waals surface area contributed by atoms with Crippen LogP contribution in [0.2, 0.25) is 0 Å². The third-order valence-corrected chi connectivity index (χ3v) is 10.7. The molecule has 1 amide bonds. The number of cyclic esters (lactones) is 1. The molecule has 9 atom stereocenters. The fraction of sp³-hybridized carbons (Fsp3) is 0.706. The van der Waals surface area contributed by atoms with Crippen LogP contribution in [0, 0.1) is 29.6 Å². The van der Waals surface area contributed by atoms with E-state index in [9.17, 15) is 19.2 Å². The van der Waals surface area contributed by atoms with E-state index in [1.54, 1.807) is 45.3 Å². The zero-order valence-electron chi connectivity index (χ0n) is 28.2. The van der Waals surface area contributed by atoms with E-state index in [-0.39, 0.29) is 17.5 Å². The molecule has 0 bridgehead atoms. The van der Waals surface area contributed by atoms with Crippen molar-refractivity contribution in [2.75, 3.05) is 13.7 Å². The zero-order valence-corrected chi connectivity index (χ0v) is 28.2. The lowest BCUT2D eigenvalue weighted by Crippen LogP contribution is -2.58. The minimum absolute atomic E-state index is 0.0356. The van der Waals surface area contributed by atoms with Gasteiger partial charge in [-0.25, -0.2) is 14.8 Å². The van der Waals surface area contributed by atoms with Crippen LogP contribution in [0.3, 0.4) is 0 Å². The molecule has 2 aromatic heterocycles. The molecule has 2 aliphatic rings. The van der Waals surface area contributed by atoms with Crippen LogP contribution >= 0.6 is 0 Å². The molecule has 0 spiro atoms. The number of methoxy groups -OCH3 is 1. The van der Waals surface area contributed by atoms with Crippen LogP contribution in [-0.4, -0.2) is 80.1 Å². The van der Waals surface area contributed by atoms with Crippen molar-refractivity contribution >= 4 is 34.8 Å². The fourth-order valence-electron chi connectivity index (χ4n) is 7.51. The highest BCUT2D eigenvalue weighted by Gasteiger charge is 2.60. The van der Waals surface area contributed by atoms with Crippen LogP contribution in [0.1, 0.15) is 81.1 Å². The summed E-state index contributed by atoms with van der Waals surface area (Å²) < 4.78 is 20.0. The quantitative estimate of drug-likeness (QED) is 0.230. The Balaban J connectivity index is 1.65. The van der Waals surface area contributed by atoms with Crippen molar-refractivity contribution in [3.8, 4) is 0 Å². The van der Waals surface area contributed by atoms with Gasteiger partial charge in [0, 0.05) is 44.1 Å². The highest BCUT2D eigenvalue weighted by atomic mass is 16.6. The van der Waals surface area contributed by atoms with Crippen LogP contribution in [0.4, 0.5) is 4.79 Å². The predicted molar refractivity (Wildman–Crippen MR) is 168 cm³/mol. The van der Waals surface area contributed by atoms with Crippen molar-refractivity contribution < 1.29 is 33.4 Å². The Kier molecular flexibility index (Phi) is 10.4. The number of aromatic nitrogens is 3. The van der Waals surface area contributed by atoms with Gasteiger partial charge in [-0.3, -0.25) is 14.4 Å². The second kappa shape index (κ2) is 13.6. The third kappa shape index (κ3) is 6.50. The maximum absolute atomic E-state index is 14.2. The normalized spacial score (nSPS) is 35.2. The summed E-state index contributed by atoms with van der Waals surface area (Å²) in [6.07, 6.45) is 4.20. The van der Waals surface area contributed by atoms with Gasteiger partial charge in [-0.1, -0.05) is 34.6 Å². The van der Waals surface area contributed by atoms with Gasteiger partial charge >= 0.3 is 12.1 Å². The van der Waals surface area contributed by atoms with Gasteiger partial charge in [-0.15, -0.1) is 0 Å². The minimum atomic E-state index is -1.31. The summed E-state index contributed by atoms with van der Waals surface area (Å²) in [6.45, 7) is 15.5. The molecular weight excluding hydrogens is 576 g/mol. The molecule has 248 valence electrons. The van der Waals surface area contributed by atoms with Gasteiger partial charge in [0.25, 0.3) is 0 Å². The van der Waals surface area contributed by atoms with Crippen molar-refractivity contribution in [3.05, 3.63) is 24.7 Å². The SMILES string of the molecule is CC[C@H]1OC(=O)[C@H](C)C(=O)[C@H](C)[C@@H](C)[C@](C)(OC)C[C@@H](C)C(=O)[C@H](C)[C@H]2N(CCCCn3cnc4cccnc43)C(=O)O[C@]12C. The van der Waals surface area contributed by atoms with Gasteiger partial charge in [0.1, 0.15) is 29.1 Å². The maximum Gasteiger partial charge on any atom is 0.410 e. The lowest BCUT2D eigenvalue weighted by atomic mass is 9.70. The molecule has 4 rings (SSSR count). The molecule has 0 N–H and O–H groups in total. The number of carbonyl (C=O) groups excluding carboxylic acids is 4. The summed E-state index contributed by atoms with van der Waals surface area (Å²) in [6, 6.07) is 3.07. The number of unbranched alkanes of at least 4 members (excludes halogenated alkanes) is 1. The van der Waals surface area contributed by atoms with Gasteiger partial charge in [0.15, 0.2) is 11.2 Å². The Morgan fingerprint density at radius 3 is 2.33 bits per heavy atom. The summed E-state index contributed by atoms with van der Waals surface area (Å²) in [4.78, 5) is 65.2. The highest BCUT2D eigenvalue weighted by molar-refractivity contribution is 6.00. The average molecular weight is 627 g/mol. The van der Waals surface area contributed by atoms with Crippen molar-refractivity contribution in [1.82, 2.24) is 19.4 Å². The van der Waals surface area contributed by atoms with Crippen molar-refractivity contribution in [1.29, 1.82) is 0 Å². The predicted octanol–water partition coefficient (Wildman–Crippen LogP) is 5.24. The van der Waals surface area contributed by atoms with Crippen LogP contribution in [0.15, 0.2) is 24.7 Å². The molecule has 2 aromatic rings. The highest BCUT2D eigenvalue weighted by Crippen LogP contribution is 2.43. The first kappa shape index (κ1) is 34.5.